The SMILES string of the molecule is O=C(c1ccccc1)c1cccc(Oc2ccc(S(=O)[O-])cc2)c1. The second-order valence-electron chi connectivity index (χ2n) is 5.03. The summed E-state index contributed by atoms with van der Waals surface area (Å²) < 4.78 is 27.4. The lowest BCUT2D eigenvalue weighted by Gasteiger charge is -2.09. The molecule has 0 spiro atoms. The Balaban J connectivity index is 1.80. The number of ketones is 1. The highest BCUT2D eigenvalue weighted by Crippen LogP contribution is 2.24. The Labute approximate surface area is 142 Å². The lowest BCUT2D eigenvalue weighted by atomic mass is 10.0. The standard InChI is InChI=1S/C19H14O4S/c20-19(14-5-2-1-3-6-14)15-7-4-8-17(13-15)23-16-9-11-18(12-10-16)24(21)22/h1-13H,(H,21,22)/p-1. The average Bonchev–Trinajstić information content (AvgIpc) is 2.62. The van der Waals surface area contributed by atoms with Crippen LogP contribution in [-0.4, -0.2) is 14.5 Å². The smallest absolute Gasteiger partial charge is 0.193 e. The van der Waals surface area contributed by atoms with Crippen molar-refractivity contribution in [3.05, 3.63) is 90.0 Å². The topological polar surface area (TPSA) is 66.4 Å². The van der Waals surface area contributed by atoms with Crippen molar-refractivity contribution in [2.75, 3.05) is 0 Å². The molecular formula is C19H13O4S-. The molecule has 0 heterocycles. The van der Waals surface area contributed by atoms with Crippen molar-refractivity contribution in [1.82, 2.24) is 0 Å². The van der Waals surface area contributed by atoms with Crippen molar-refractivity contribution in [3.8, 4) is 11.5 Å². The third-order valence-electron chi connectivity index (χ3n) is 3.38. The van der Waals surface area contributed by atoms with E-state index >= 15 is 0 Å². The molecule has 0 fully saturated rings. The Morgan fingerprint density at radius 3 is 2.12 bits per heavy atom. The van der Waals surface area contributed by atoms with Crippen molar-refractivity contribution in [3.63, 3.8) is 0 Å². The monoisotopic (exact) mass is 337 g/mol. The molecule has 0 N–H and O–H groups in total. The minimum atomic E-state index is -2.26. The Hall–Kier alpha value is -2.76. The summed E-state index contributed by atoms with van der Waals surface area (Å²) in [7, 11) is 0. The van der Waals surface area contributed by atoms with Crippen molar-refractivity contribution < 1.29 is 18.3 Å². The first-order valence-corrected chi connectivity index (χ1v) is 8.28. The van der Waals surface area contributed by atoms with Gasteiger partial charge in [0.25, 0.3) is 0 Å². The van der Waals surface area contributed by atoms with Crippen LogP contribution in [-0.2, 0) is 11.1 Å². The molecule has 0 aliphatic carbocycles. The fourth-order valence-corrected chi connectivity index (χ4v) is 2.57. The number of carbonyl (C=O) groups is 1. The Morgan fingerprint density at radius 1 is 0.792 bits per heavy atom. The van der Waals surface area contributed by atoms with E-state index in [1.165, 1.54) is 12.1 Å². The van der Waals surface area contributed by atoms with Gasteiger partial charge in [0.15, 0.2) is 5.78 Å². The van der Waals surface area contributed by atoms with E-state index in [1.54, 1.807) is 48.5 Å². The van der Waals surface area contributed by atoms with E-state index in [0.717, 1.165) is 0 Å². The van der Waals surface area contributed by atoms with Crippen LogP contribution in [0.5, 0.6) is 11.5 Å². The van der Waals surface area contributed by atoms with Crippen LogP contribution >= 0.6 is 0 Å². The summed E-state index contributed by atoms with van der Waals surface area (Å²) in [6, 6.07) is 21.9. The Kier molecular flexibility index (Phi) is 4.84. The van der Waals surface area contributed by atoms with Gasteiger partial charge < -0.3 is 9.29 Å². The summed E-state index contributed by atoms with van der Waals surface area (Å²) in [5, 5.41) is 0. The Bertz CT molecular complexity index is 873. The van der Waals surface area contributed by atoms with Gasteiger partial charge in [-0.25, -0.2) is 0 Å². The molecule has 0 aromatic heterocycles. The average molecular weight is 337 g/mol. The summed E-state index contributed by atoms with van der Waals surface area (Å²) in [6.45, 7) is 0. The molecule has 3 rings (SSSR count). The maximum Gasteiger partial charge on any atom is 0.193 e. The summed E-state index contributed by atoms with van der Waals surface area (Å²) >= 11 is -2.26. The number of benzene rings is 3. The van der Waals surface area contributed by atoms with E-state index in [-0.39, 0.29) is 10.7 Å². The summed E-state index contributed by atoms with van der Waals surface area (Å²) in [5.74, 6) is 0.916. The lowest BCUT2D eigenvalue weighted by Crippen LogP contribution is -2.01. The molecule has 0 saturated heterocycles. The molecule has 5 heteroatoms. The van der Waals surface area contributed by atoms with Gasteiger partial charge in [-0.3, -0.25) is 9.00 Å². The number of carbonyl (C=O) groups excluding carboxylic acids is 1. The number of ether oxygens (including phenoxy) is 1. The molecule has 1 atom stereocenters. The number of hydrogen-bond donors (Lipinski definition) is 0. The fourth-order valence-electron chi connectivity index (χ4n) is 2.21. The molecule has 3 aromatic rings. The van der Waals surface area contributed by atoms with Gasteiger partial charge in [-0.2, -0.15) is 0 Å². The van der Waals surface area contributed by atoms with Crippen LogP contribution in [0.1, 0.15) is 15.9 Å². The van der Waals surface area contributed by atoms with E-state index in [0.29, 0.717) is 22.6 Å². The minimum Gasteiger partial charge on any atom is -0.768 e. The van der Waals surface area contributed by atoms with Crippen LogP contribution in [0.2, 0.25) is 0 Å². The molecular weight excluding hydrogens is 324 g/mol. The highest BCUT2D eigenvalue weighted by atomic mass is 32.2. The van der Waals surface area contributed by atoms with Crippen LogP contribution in [0.15, 0.2) is 83.8 Å². The summed E-state index contributed by atoms with van der Waals surface area (Å²) in [4.78, 5) is 12.6. The fraction of sp³-hybridized carbons (Fsp3) is 0. The van der Waals surface area contributed by atoms with Gasteiger partial charge in [-0.15, -0.1) is 0 Å². The predicted molar refractivity (Wildman–Crippen MR) is 90.0 cm³/mol. The molecule has 0 radical (unpaired) electrons. The number of rotatable bonds is 5. The zero-order valence-corrected chi connectivity index (χ0v) is 13.4. The van der Waals surface area contributed by atoms with Crippen LogP contribution in [0, 0.1) is 0 Å². The highest BCUT2D eigenvalue weighted by Gasteiger charge is 2.09. The molecule has 4 nitrogen and oxygen atoms in total. The first-order chi connectivity index (χ1) is 11.6. The third kappa shape index (κ3) is 3.76. The molecule has 3 aromatic carbocycles. The van der Waals surface area contributed by atoms with Gasteiger partial charge in [-0.1, -0.05) is 42.5 Å². The molecule has 24 heavy (non-hydrogen) atoms. The first-order valence-electron chi connectivity index (χ1n) is 7.20. The maximum atomic E-state index is 12.4. The second-order valence-corrected chi connectivity index (χ2v) is 5.97. The van der Waals surface area contributed by atoms with Gasteiger partial charge >= 0.3 is 0 Å². The summed E-state index contributed by atoms with van der Waals surface area (Å²) in [5.41, 5.74) is 1.13. The highest BCUT2D eigenvalue weighted by molar-refractivity contribution is 7.79. The molecule has 1 unspecified atom stereocenters. The van der Waals surface area contributed by atoms with E-state index < -0.39 is 11.1 Å². The Morgan fingerprint density at radius 2 is 1.46 bits per heavy atom. The quantitative estimate of drug-likeness (QED) is 0.522. The minimum absolute atomic E-state index is 0.0850. The zero-order chi connectivity index (χ0) is 16.9. The van der Waals surface area contributed by atoms with Crippen LogP contribution in [0.25, 0.3) is 0 Å². The van der Waals surface area contributed by atoms with E-state index in [2.05, 4.69) is 0 Å². The molecule has 0 amide bonds. The second kappa shape index (κ2) is 7.21. The lowest BCUT2D eigenvalue weighted by molar-refractivity contribution is 0.103. The van der Waals surface area contributed by atoms with Crippen molar-refractivity contribution in [1.29, 1.82) is 0 Å². The molecule has 0 aliphatic heterocycles. The maximum absolute atomic E-state index is 12.4. The summed E-state index contributed by atoms with van der Waals surface area (Å²) in [6.07, 6.45) is 0. The van der Waals surface area contributed by atoms with Gasteiger partial charge in [0.1, 0.15) is 11.5 Å². The first kappa shape index (κ1) is 16.1. The van der Waals surface area contributed by atoms with E-state index in [4.69, 9.17) is 4.74 Å². The third-order valence-corrected chi connectivity index (χ3v) is 4.04. The van der Waals surface area contributed by atoms with Gasteiger partial charge in [0.05, 0.1) is 0 Å². The normalized spacial score (nSPS) is 11.7. The van der Waals surface area contributed by atoms with Crippen molar-refractivity contribution in [2.45, 2.75) is 4.90 Å². The molecule has 0 saturated carbocycles. The van der Waals surface area contributed by atoms with E-state index in [9.17, 15) is 13.6 Å². The van der Waals surface area contributed by atoms with Gasteiger partial charge in [0.2, 0.25) is 0 Å². The van der Waals surface area contributed by atoms with Crippen molar-refractivity contribution in [2.24, 2.45) is 0 Å². The largest absolute Gasteiger partial charge is 0.768 e. The van der Waals surface area contributed by atoms with E-state index in [1.807, 2.05) is 18.2 Å². The van der Waals surface area contributed by atoms with Crippen molar-refractivity contribution >= 4 is 16.9 Å². The van der Waals surface area contributed by atoms with Crippen LogP contribution in [0.3, 0.4) is 0 Å². The molecule has 0 aliphatic rings. The predicted octanol–water partition coefficient (Wildman–Crippen LogP) is 3.95. The van der Waals surface area contributed by atoms with Crippen LogP contribution < -0.4 is 4.74 Å². The molecule has 120 valence electrons. The van der Waals surface area contributed by atoms with Gasteiger partial charge in [0, 0.05) is 16.0 Å². The molecule has 0 bridgehead atoms. The number of hydrogen-bond acceptors (Lipinski definition) is 4. The van der Waals surface area contributed by atoms with Crippen LogP contribution in [0.4, 0.5) is 0 Å². The zero-order valence-electron chi connectivity index (χ0n) is 12.5. The van der Waals surface area contributed by atoms with Gasteiger partial charge in [-0.05, 0) is 47.5 Å².